The normalized spacial score (nSPS) is 21.3. The molecule has 1 saturated carbocycles. The number of carbonyl (C=O) groups is 2. The number of hydrogen-bond acceptors (Lipinski definition) is 6. The van der Waals surface area contributed by atoms with Crippen LogP contribution in [-0.2, 0) is 33.5 Å². The van der Waals surface area contributed by atoms with Gasteiger partial charge in [0.15, 0.2) is 0 Å². The van der Waals surface area contributed by atoms with Gasteiger partial charge in [0.2, 0.25) is 11.8 Å². The Morgan fingerprint density at radius 3 is 2.45 bits per heavy atom. The van der Waals surface area contributed by atoms with Gasteiger partial charge in [0.1, 0.15) is 5.69 Å². The minimum Gasteiger partial charge on any atom is -0.378 e. The van der Waals surface area contributed by atoms with Gasteiger partial charge in [-0.05, 0) is 55.0 Å². The molecule has 3 aromatic rings. The van der Waals surface area contributed by atoms with Crippen LogP contribution < -0.4 is 0 Å². The average molecular weight is 546 g/mol. The molecule has 10 heteroatoms. The molecule has 0 aromatic carbocycles. The van der Waals surface area contributed by atoms with Crippen LogP contribution in [0.25, 0.3) is 21.5 Å². The topological polar surface area (TPSA) is 72.4 Å². The van der Waals surface area contributed by atoms with Gasteiger partial charge in [-0.3, -0.25) is 19.5 Å². The summed E-state index contributed by atoms with van der Waals surface area (Å²) in [5, 5.41) is 0. The highest BCUT2D eigenvalue weighted by Gasteiger charge is 2.72. The Hall–Kier alpha value is -2.85. The number of carbonyl (C=O) groups excluding carboxylic acids is 2. The molecular weight excluding hydrogens is 515 g/mol. The zero-order chi connectivity index (χ0) is 27.6. The van der Waals surface area contributed by atoms with Crippen molar-refractivity contribution in [2.45, 2.75) is 66.3 Å². The Morgan fingerprint density at radius 2 is 1.84 bits per heavy atom. The number of ether oxygens (including phenoxy) is 1. The molecule has 5 rings (SSSR count). The van der Waals surface area contributed by atoms with Crippen molar-refractivity contribution in [3.63, 3.8) is 0 Å². The van der Waals surface area contributed by atoms with E-state index in [-0.39, 0.29) is 47.4 Å². The molecule has 3 aromatic heterocycles. The van der Waals surface area contributed by atoms with Crippen molar-refractivity contribution in [3.8, 4) is 11.3 Å². The summed E-state index contributed by atoms with van der Waals surface area (Å²) < 4.78 is 47.9. The highest BCUT2D eigenvalue weighted by atomic mass is 32.1. The molecule has 2 aliphatic rings. The molecule has 2 amide bonds. The van der Waals surface area contributed by atoms with Gasteiger partial charge in [-0.15, -0.1) is 11.3 Å². The fourth-order valence-corrected chi connectivity index (χ4v) is 6.79. The third-order valence-electron chi connectivity index (χ3n) is 7.85. The van der Waals surface area contributed by atoms with Gasteiger partial charge in [-0.25, -0.2) is 4.98 Å². The lowest BCUT2D eigenvalue weighted by atomic mass is 9.95. The summed E-state index contributed by atoms with van der Waals surface area (Å²) in [4.78, 5) is 36.3. The average Bonchev–Trinajstić information content (AvgIpc) is 3.10. The van der Waals surface area contributed by atoms with E-state index in [9.17, 15) is 22.8 Å². The third kappa shape index (κ3) is 4.41. The smallest absolute Gasteiger partial charge is 0.378 e. The van der Waals surface area contributed by atoms with Crippen LogP contribution in [0.4, 0.5) is 13.2 Å². The Bertz CT molecular complexity index is 1410. The first kappa shape index (κ1) is 26.7. The summed E-state index contributed by atoms with van der Waals surface area (Å²) in [5.74, 6) is -0.853. The minimum atomic E-state index is -4.60. The Kier molecular flexibility index (Phi) is 6.62. The van der Waals surface area contributed by atoms with Crippen molar-refractivity contribution >= 4 is 33.4 Å². The first-order valence-electron chi connectivity index (χ1n) is 12.8. The number of fused-ring (bicyclic) bond motifs is 2. The van der Waals surface area contributed by atoms with Gasteiger partial charge < -0.3 is 4.74 Å². The highest BCUT2D eigenvalue weighted by molar-refractivity contribution is 7.19. The summed E-state index contributed by atoms with van der Waals surface area (Å²) in [6.07, 6.45) is -2.07. The van der Waals surface area contributed by atoms with Gasteiger partial charge in [0, 0.05) is 29.7 Å². The maximum absolute atomic E-state index is 13.8. The van der Waals surface area contributed by atoms with Crippen LogP contribution in [0.3, 0.4) is 0 Å². The molecule has 0 bridgehead atoms. The van der Waals surface area contributed by atoms with Gasteiger partial charge >= 0.3 is 6.18 Å². The summed E-state index contributed by atoms with van der Waals surface area (Å²) in [6, 6.07) is 4.57. The molecule has 1 saturated heterocycles. The van der Waals surface area contributed by atoms with E-state index in [0.717, 1.165) is 10.9 Å². The fourth-order valence-electron chi connectivity index (χ4n) is 5.68. The molecule has 0 spiro atoms. The van der Waals surface area contributed by atoms with E-state index in [1.807, 2.05) is 27.7 Å². The second-order valence-corrected chi connectivity index (χ2v) is 11.8. The number of pyridine rings is 2. The number of thiophene rings is 1. The predicted molar refractivity (Wildman–Crippen MR) is 138 cm³/mol. The fraction of sp³-hybridized carbons (Fsp3) is 0.500. The van der Waals surface area contributed by atoms with E-state index in [1.54, 1.807) is 25.3 Å². The Labute approximate surface area is 223 Å². The maximum Gasteiger partial charge on any atom is 0.433 e. The number of likely N-dealkylation sites (tertiary alicyclic amines) is 1. The second-order valence-electron chi connectivity index (χ2n) is 10.7. The zero-order valence-electron chi connectivity index (χ0n) is 22.0. The van der Waals surface area contributed by atoms with Gasteiger partial charge in [-0.1, -0.05) is 20.8 Å². The SMILES string of the molecule is CCO[C@H](CC)Cc1c(C)cc(C(F)(F)F)nc1-c1ccnc2cc(CN3C(=O)C4C(C3=O)C4(C)C)sc12. The lowest BCUT2D eigenvalue weighted by molar-refractivity contribution is -0.144. The molecule has 1 aliphatic carbocycles. The van der Waals surface area contributed by atoms with Crippen LogP contribution in [0.2, 0.25) is 0 Å². The molecular formula is C28H30F3N3O3S. The molecule has 3 atom stereocenters. The summed E-state index contributed by atoms with van der Waals surface area (Å²) in [5.41, 5.74) is 1.35. The van der Waals surface area contributed by atoms with E-state index in [2.05, 4.69) is 9.97 Å². The van der Waals surface area contributed by atoms with Crippen LogP contribution in [-0.4, -0.2) is 39.4 Å². The van der Waals surface area contributed by atoms with Crippen molar-refractivity contribution in [2.75, 3.05) is 6.61 Å². The second kappa shape index (κ2) is 9.41. The van der Waals surface area contributed by atoms with Gasteiger partial charge in [0.25, 0.3) is 0 Å². The molecule has 2 unspecified atom stereocenters. The number of halogens is 3. The largest absolute Gasteiger partial charge is 0.433 e. The maximum atomic E-state index is 13.8. The van der Waals surface area contributed by atoms with Crippen LogP contribution in [0, 0.1) is 24.2 Å². The number of imide groups is 1. The van der Waals surface area contributed by atoms with Crippen molar-refractivity contribution < 1.29 is 27.5 Å². The molecule has 1 aliphatic heterocycles. The number of nitrogens with zero attached hydrogens (tertiary/aromatic N) is 3. The van der Waals surface area contributed by atoms with Crippen molar-refractivity contribution in [3.05, 3.63) is 46.1 Å². The Balaban J connectivity index is 1.56. The van der Waals surface area contributed by atoms with Crippen molar-refractivity contribution in [2.24, 2.45) is 17.3 Å². The molecule has 0 N–H and O–H groups in total. The minimum absolute atomic E-state index is 0.130. The summed E-state index contributed by atoms with van der Waals surface area (Å²) in [7, 11) is 0. The lowest BCUT2D eigenvalue weighted by Gasteiger charge is -2.21. The molecule has 2 fully saturated rings. The molecule has 0 radical (unpaired) electrons. The van der Waals surface area contributed by atoms with Crippen LogP contribution >= 0.6 is 11.3 Å². The number of alkyl halides is 3. The van der Waals surface area contributed by atoms with Gasteiger partial charge in [-0.2, -0.15) is 13.2 Å². The van der Waals surface area contributed by atoms with E-state index in [0.29, 0.717) is 46.4 Å². The lowest BCUT2D eigenvalue weighted by Crippen LogP contribution is -2.35. The Morgan fingerprint density at radius 1 is 1.16 bits per heavy atom. The van der Waals surface area contributed by atoms with Gasteiger partial charge in [0.05, 0.1) is 40.4 Å². The molecule has 202 valence electrons. The quantitative estimate of drug-likeness (QED) is 0.316. The molecule has 6 nitrogen and oxygen atoms in total. The number of aromatic nitrogens is 2. The van der Waals surface area contributed by atoms with Crippen LogP contribution in [0.15, 0.2) is 24.4 Å². The van der Waals surface area contributed by atoms with Crippen LogP contribution in [0.1, 0.15) is 55.8 Å². The number of hydrogen-bond donors (Lipinski definition) is 0. The summed E-state index contributed by atoms with van der Waals surface area (Å²) in [6.45, 7) is 10.0. The first-order valence-corrected chi connectivity index (χ1v) is 13.6. The van der Waals surface area contributed by atoms with E-state index in [4.69, 9.17) is 4.74 Å². The van der Waals surface area contributed by atoms with Crippen molar-refractivity contribution in [1.82, 2.24) is 14.9 Å². The number of aryl methyl sites for hydroxylation is 1. The van der Waals surface area contributed by atoms with Crippen LogP contribution in [0.5, 0.6) is 0 Å². The number of amides is 2. The molecule has 38 heavy (non-hydrogen) atoms. The predicted octanol–water partition coefficient (Wildman–Crippen LogP) is 6.18. The summed E-state index contributed by atoms with van der Waals surface area (Å²) >= 11 is 1.33. The first-order chi connectivity index (χ1) is 17.9. The standard InChI is InChI=1S/C28H30F3N3O3S/c1-6-15(37-7-2)11-18-14(3)10-20(28(29,30)31)33-23(18)17-8-9-32-19-12-16(38-24(17)19)13-34-25(35)21-22(26(34)36)27(21,4)5/h8-10,12,15,21-22H,6-7,11,13H2,1-5H3/t15-,21?,22?/m1/s1. The third-order valence-corrected chi connectivity index (χ3v) is 8.99. The highest BCUT2D eigenvalue weighted by Crippen LogP contribution is 2.63. The van der Waals surface area contributed by atoms with E-state index >= 15 is 0 Å². The van der Waals surface area contributed by atoms with E-state index in [1.165, 1.54) is 16.2 Å². The monoisotopic (exact) mass is 545 g/mol. The van der Waals surface area contributed by atoms with E-state index < -0.39 is 11.9 Å². The number of piperidine rings is 1. The zero-order valence-corrected chi connectivity index (χ0v) is 22.8. The molecule has 4 heterocycles. The number of rotatable bonds is 8. The van der Waals surface area contributed by atoms with Crippen molar-refractivity contribution in [1.29, 1.82) is 0 Å².